The third-order valence-electron chi connectivity index (χ3n) is 3.45. The summed E-state index contributed by atoms with van der Waals surface area (Å²) in [6.07, 6.45) is 3.24. The van der Waals surface area contributed by atoms with E-state index < -0.39 is 0 Å². The predicted octanol–water partition coefficient (Wildman–Crippen LogP) is 1.17. The SMILES string of the molecule is CCOCc1nc(N)cc(NC2CCCC2CO)n1. The van der Waals surface area contributed by atoms with Crippen LogP contribution in [0.1, 0.15) is 32.0 Å². The lowest BCUT2D eigenvalue weighted by molar-refractivity contribution is 0.128. The van der Waals surface area contributed by atoms with Crippen LogP contribution in [0.5, 0.6) is 0 Å². The van der Waals surface area contributed by atoms with Crippen molar-refractivity contribution in [1.82, 2.24) is 9.97 Å². The van der Waals surface area contributed by atoms with Gasteiger partial charge in [0.15, 0.2) is 5.82 Å². The topological polar surface area (TPSA) is 93.3 Å². The molecule has 1 saturated carbocycles. The molecule has 6 heteroatoms. The largest absolute Gasteiger partial charge is 0.396 e. The highest BCUT2D eigenvalue weighted by molar-refractivity contribution is 5.45. The molecular weight excluding hydrogens is 244 g/mol. The first kappa shape index (κ1) is 14.0. The lowest BCUT2D eigenvalue weighted by atomic mass is 10.1. The van der Waals surface area contributed by atoms with Crippen molar-refractivity contribution in [1.29, 1.82) is 0 Å². The second-order valence-corrected chi connectivity index (χ2v) is 4.86. The fraction of sp³-hybridized carbons (Fsp3) is 0.692. The lowest BCUT2D eigenvalue weighted by Gasteiger charge is -2.20. The van der Waals surface area contributed by atoms with Crippen molar-refractivity contribution in [2.45, 2.75) is 38.8 Å². The maximum atomic E-state index is 9.32. The zero-order valence-electron chi connectivity index (χ0n) is 11.3. The first-order valence-corrected chi connectivity index (χ1v) is 6.81. The second-order valence-electron chi connectivity index (χ2n) is 4.86. The fourth-order valence-electron chi connectivity index (χ4n) is 2.48. The first-order valence-electron chi connectivity index (χ1n) is 6.81. The molecule has 0 aromatic carbocycles. The van der Waals surface area contributed by atoms with Crippen molar-refractivity contribution < 1.29 is 9.84 Å². The van der Waals surface area contributed by atoms with E-state index in [0.717, 1.165) is 19.3 Å². The van der Waals surface area contributed by atoms with E-state index in [2.05, 4.69) is 15.3 Å². The molecule has 1 aliphatic rings. The minimum absolute atomic E-state index is 0.212. The number of aliphatic hydroxyl groups excluding tert-OH is 1. The lowest BCUT2D eigenvalue weighted by Crippen LogP contribution is -2.27. The Morgan fingerprint density at radius 2 is 2.32 bits per heavy atom. The molecule has 0 aliphatic heterocycles. The molecule has 1 aromatic rings. The van der Waals surface area contributed by atoms with Gasteiger partial charge in [0, 0.05) is 31.2 Å². The average molecular weight is 266 g/mol. The van der Waals surface area contributed by atoms with Crippen molar-refractivity contribution in [2.24, 2.45) is 5.92 Å². The summed E-state index contributed by atoms with van der Waals surface area (Å²) in [6.45, 7) is 3.13. The van der Waals surface area contributed by atoms with Crippen LogP contribution in [-0.4, -0.2) is 34.3 Å². The van der Waals surface area contributed by atoms with Crippen LogP contribution in [0.3, 0.4) is 0 Å². The number of aliphatic hydroxyl groups is 1. The van der Waals surface area contributed by atoms with Gasteiger partial charge in [-0.25, -0.2) is 9.97 Å². The molecule has 19 heavy (non-hydrogen) atoms. The molecule has 1 heterocycles. The fourth-order valence-corrected chi connectivity index (χ4v) is 2.48. The molecule has 2 rings (SSSR count). The summed E-state index contributed by atoms with van der Waals surface area (Å²) in [4.78, 5) is 8.53. The highest BCUT2D eigenvalue weighted by atomic mass is 16.5. The summed E-state index contributed by atoms with van der Waals surface area (Å²) >= 11 is 0. The Kier molecular flexibility index (Phi) is 4.93. The summed E-state index contributed by atoms with van der Waals surface area (Å²) in [6, 6.07) is 1.99. The number of nitrogens with one attached hydrogen (secondary N) is 1. The minimum atomic E-state index is 0.212. The van der Waals surface area contributed by atoms with Gasteiger partial charge in [0.2, 0.25) is 0 Å². The Bertz CT molecular complexity index is 414. The van der Waals surface area contributed by atoms with Crippen LogP contribution < -0.4 is 11.1 Å². The average Bonchev–Trinajstić information content (AvgIpc) is 2.83. The van der Waals surface area contributed by atoms with Crippen molar-refractivity contribution in [3.63, 3.8) is 0 Å². The summed E-state index contributed by atoms with van der Waals surface area (Å²) in [5.74, 6) is 2.03. The van der Waals surface area contributed by atoms with Gasteiger partial charge in [-0.05, 0) is 19.8 Å². The Balaban J connectivity index is 2.04. The van der Waals surface area contributed by atoms with E-state index in [4.69, 9.17) is 10.5 Å². The molecule has 2 atom stereocenters. The van der Waals surface area contributed by atoms with Gasteiger partial charge in [-0.1, -0.05) is 6.42 Å². The smallest absolute Gasteiger partial charge is 0.158 e. The van der Waals surface area contributed by atoms with Crippen molar-refractivity contribution >= 4 is 11.6 Å². The number of hydrogen-bond donors (Lipinski definition) is 3. The van der Waals surface area contributed by atoms with Crippen LogP contribution in [0.25, 0.3) is 0 Å². The molecule has 6 nitrogen and oxygen atoms in total. The van der Waals surface area contributed by atoms with Crippen LogP contribution >= 0.6 is 0 Å². The van der Waals surface area contributed by atoms with E-state index in [-0.39, 0.29) is 12.6 Å². The van der Waals surface area contributed by atoms with Gasteiger partial charge in [0.25, 0.3) is 0 Å². The molecule has 0 saturated heterocycles. The van der Waals surface area contributed by atoms with Gasteiger partial charge in [-0.15, -0.1) is 0 Å². The van der Waals surface area contributed by atoms with Crippen molar-refractivity contribution in [3.05, 3.63) is 11.9 Å². The summed E-state index contributed by atoms with van der Waals surface area (Å²) < 4.78 is 5.29. The predicted molar refractivity (Wildman–Crippen MR) is 73.6 cm³/mol. The Morgan fingerprint density at radius 1 is 1.47 bits per heavy atom. The maximum Gasteiger partial charge on any atom is 0.158 e. The van der Waals surface area contributed by atoms with Gasteiger partial charge >= 0.3 is 0 Å². The van der Waals surface area contributed by atoms with Crippen LogP contribution in [0.15, 0.2) is 6.07 Å². The van der Waals surface area contributed by atoms with Crippen LogP contribution in [0.2, 0.25) is 0 Å². The van der Waals surface area contributed by atoms with Gasteiger partial charge in [-0.3, -0.25) is 0 Å². The van der Waals surface area contributed by atoms with E-state index in [0.29, 0.717) is 36.6 Å². The number of ether oxygens (including phenoxy) is 1. The highest BCUT2D eigenvalue weighted by Crippen LogP contribution is 2.27. The van der Waals surface area contributed by atoms with Gasteiger partial charge in [-0.2, -0.15) is 0 Å². The molecule has 0 spiro atoms. The van der Waals surface area contributed by atoms with Crippen LogP contribution in [0.4, 0.5) is 11.6 Å². The monoisotopic (exact) mass is 266 g/mol. The van der Waals surface area contributed by atoms with Crippen molar-refractivity contribution in [2.75, 3.05) is 24.3 Å². The Morgan fingerprint density at radius 3 is 3.05 bits per heavy atom. The third kappa shape index (κ3) is 3.78. The van der Waals surface area contributed by atoms with E-state index in [1.54, 1.807) is 6.07 Å². The Hall–Kier alpha value is -1.40. The number of nitrogens with zero attached hydrogens (tertiary/aromatic N) is 2. The molecule has 4 N–H and O–H groups in total. The molecule has 106 valence electrons. The highest BCUT2D eigenvalue weighted by Gasteiger charge is 2.26. The molecule has 0 radical (unpaired) electrons. The zero-order chi connectivity index (χ0) is 13.7. The number of nitrogens with two attached hydrogens (primary N) is 1. The van der Waals surface area contributed by atoms with E-state index >= 15 is 0 Å². The quantitative estimate of drug-likeness (QED) is 0.715. The van der Waals surface area contributed by atoms with Crippen molar-refractivity contribution in [3.8, 4) is 0 Å². The minimum Gasteiger partial charge on any atom is -0.396 e. The van der Waals surface area contributed by atoms with Crippen LogP contribution in [-0.2, 0) is 11.3 Å². The zero-order valence-corrected chi connectivity index (χ0v) is 11.3. The summed E-state index contributed by atoms with van der Waals surface area (Å²) in [5, 5.41) is 12.7. The molecular formula is C13H22N4O2. The standard InChI is InChI=1S/C13H22N4O2/c1-2-19-8-13-16-11(14)6-12(17-13)15-10-5-3-4-9(10)7-18/h6,9-10,18H,2-5,7-8H2,1H3,(H3,14,15,16,17). The Labute approximate surface area is 113 Å². The summed E-state index contributed by atoms with van der Waals surface area (Å²) in [7, 11) is 0. The number of aromatic nitrogens is 2. The van der Waals surface area contributed by atoms with E-state index in [9.17, 15) is 5.11 Å². The number of rotatable bonds is 6. The van der Waals surface area contributed by atoms with Gasteiger partial charge in [0.1, 0.15) is 18.2 Å². The second kappa shape index (κ2) is 6.68. The molecule has 1 aromatic heterocycles. The number of hydrogen-bond acceptors (Lipinski definition) is 6. The van der Waals surface area contributed by atoms with Gasteiger partial charge < -0.3 is 20.9 Å². The number of nitrogen functional groups attached to an aromatic ring is 1. The van der Waals surface area contributed by atoms with E-state index in [1.807, 2.05) is 6.92 Å². The maximum absolute atomic E-state index is 9.32. The molecule has 0 amide bonds. The van der Waals surface area contributed by atoms with E-state index in [1.165, 1.54) is 0 Å². The van der Waals surface area contributed by atoms with Gasteiger partial charge in [0.05, 0.1) is 0 Å². The normalized spacial score (nSPS) is 22.6. The third-order valence-corrected chi connectivity index (χ3v) is 3.45. The molecule has 1 aliphatic carbocycles. The first-order chi connectivity index (χ1) is 9.22. The summed E-state index contributed by atoms with van der Waals surface area (Å²) in [5.41, 5.74) is 5.78. The van der Waals surface area contributed by atoms with Crippen LogP contribution in [0, 0.1) is 5.92 Å². The number of anilines is 2. The molecule has 2 unspecified atom stereocenters. The molecule has 1 fully saturated rings. The molecule has 0 bridgehead atoms.